The Labute approximate surface area is 165 Å². The highest BCUT2D eigenvalue weighted by Gasteiger charge is 2.30. The Bertz CT molecular complexity index is 965. The van der Waals surface area contributed by atoms with Crippen molar-refractivity contribution in [2.75, 3.05) is 6.54 Å². The summed E-state index contributed by atoms with van der Waals surface area (Å²) < 4.78 is 1.69. The van der Waals surface area contributed by atoms with Gasteiger partial charge in [0.25, 0.3) is 0 Å². The van der Waals surface area contributed by atoms with Gasteiger partial charge < -0.3 is 10.0 Å². The molecule has 1 aliphatic rings. The molecule has 1 aromatic heterocycles. The average molecular weight is 377 g/mol. The maximum atomic E-state index is 12.8. The van der Waals surface area contributed by atoms with Crippen molar-refractivity contribution >= 4 is 16.7 Å². The maximum absolute atomic E-state index is 12.8. The van der Waals surface area contributed by atoms with Crippen LogP contribution >= 0.6 is 0 Å². The summed E-state index contributed by atoms with van der Waals surface area (Å²) in [6.07, 6.45) is 6.76. The highest BCUT2D eigenvalue weighted by Crippen LogP contribution is 2.28. The van der Waals surface area contributed by atoms with Gasteiger partial charge in [-0.15, -0.1) is 0 Å². The van der Waals surface area contributed by atoms with Gasteiger partial charge in [-0.25, -0.2) is 0 Å². The van der Waals surface area contributed by atoms with E-state index < -0.39 is 6.10 Å². The van der Waals surface area contributed by atoms with E-state index >= 15 is 0 Å². The van der Waals surface area contributed by atoms with Crippen molar-refractivity contribution in [1.82, 2.24) is 14.7 Å². The highest BCUT2D eigenvalue weighted by molar-refractivity contribution is 5.83. The van der Waals surface area contributed by atoms with Gasteiger partial charge in [0.1, 0.15) is 0 Å². The molecule has 4 rings (SSSR count). The fourth-order valence-electron chi connectivity index (χ4n) is 4.20. The van der Waals surface area contributed by atoms with Crippen molar-refractivity contribution in [1.29, 1.82) is 0 Å². The molecule has 3 aromatic rings. The van der Waals surface area contributed by atoms with Gasteiger partial charge in [-0.2, -0.15) is 5.10 Å². The summed E-state index contributed by atoms with van der Waals surface area (Å²) in [5.74, 6) is 0.189. The largest absolute Gasteiger partial charge is 0.388 e. The van der Waals surface area contributed by atoms with Gasteiger partial charge in [0.2, 0.25) is 5.91 Å². The first-order valence-corrected chi connectivity index (χ1v) is 10.0. The molecule has 28 heavy (non-hydrogen) atoms. The van der Waals surface area contributed by atoms with Gasteiger partial charge in [0.15, 0.2) is 0 Å². The minimum Gasteiger partial charge on any atom is -0.388 e. The predicted molar refractivity (Wildman–Crippen MR) is 110 cm³/mol. The minimum absolute atomic E-state index is 0.110. The summed E-state index contributed by atoms with van der Waals surface area (Å²) >= 11 is 0. The number of nitrogens with zero attached hydrogens (tertiary/aromatic N) is 3. The van der Waals surface area contributed by atoms with Crippen LogP contribution in [0.4, 0.5) is 0 Å². The molecule has 0 radical (unpaired) electrons. The summed E-state index contributed by atoms with van der Waals surface area (Å²) in [5.41, 5.74) is 2.01. The fourth-order valence-corrected chi connectivity index (χ4v) is 4.20. The number of rotatable bonds is 6. The molecule has 1 amide bonds. The number of aromatic nitrogens is 2. The second-order valence-electron chi connectivity index (χ2n) is 7.76. The monoisotopic (exact) mass is 377 g/mol. The molecule has 146 valence electrons. The SMILES string of the molecule is Cn1cc([C@@H](O)C[C@@H]2CCCN2C(=O)CCc2ccc3ccccc3c2)cn1. The zero-order chi connectivity index (χ0) is 19.5. The van der Waals surface area contributed by atoms with E-state index in [2.05, 4.69) is 35.4 Å². The van der Waals surface area contributed by atoms with Crippen LogP contribution in [0.25, 0.3) is 10.8 Å². The Balaban J connectivity index is 1.36. The smallest absolute Gasteiger partial charge is 0.223 e. The second-order valence-corrected chi connectivity index (χ2v) is 7.76. The zero-order valence-electron chi connectivity index (χ0n) is 16.3. The molecule has 2 atom stereocenters. The molecule has 5 heteroatoms. The van der Waals surface area contributed by atoms with Crippen molar-refractivity contribution in [2.45, 2.75) is 44.2 Å². The number of hydrogen-bond donors (Lipinski definition) is 1. The second kappa shape index (κ2) is 8.15. The number of carbonyl (C=O) groups excluding carboxylic acids is 1. The normalized spacial score (nSPS) is 17.9. The van der Waals surface area contributed by atoms with Crippen LogP contribution < -0.4 is 0 Å². The van der Waals surface area contributed by atoms with E-state index in [4.69, 9.17) is 0 Å². The Hall–Kier alpha value is -2.66. The van der Waals surface area contributed by atoms with Crippen LogP contribution in [0.15, 0.2) is 54.9 Å². The lowest BCUT2D eigenvalue weighted by Crippen LogP contribution is -2.36. The summed E-state index contributed by atoms with van der Waals surface area (Å²) in [4.78, 5) is 14.8. The van der Waals surface area contributed by atoms with E-state index in [-0.39, 0.29) is 11.9 Å². The molecule has 1 fully saturated rings. The number of aliphatic hydroxyl groups excluding tert-OH is 1. The first-order valence-electron chi connectivity index (χ1n) is 10.0. The third-order valence-corrected chi connectivity index (χ3v) is 5.74. The van der Waals surface area contributed by atoms with Crippen molar-refractivity contribution in [3.63, 3.8) is 0 Å². The first kappa shape index (κ1) is 18.7. The number of aryl methyl sites for hydroxylation is 2. The lowest BCUT2D eigenvalue weighted by Gasteiger charge is -2.26. The van der Waals surface area contributed by atoms with Gasteiger partial charge in [-0.05, 0) is 42.0 Å². The quantitative estimate of drug-likeness (QED) is 0.714. The predicted octanol–water partition coefficient (Wildman–Crippen LogP) is 3.62. The van der Waals surface area contributed by atoms with Crippen molar-refractivity contribution in [2.24, 2.45) is 7.05 Å². The van der Waals surface area contributed by atoms with Gasteiger partial charge >= 0.3 is 0 Å². The highest BCUT2D eigenvalue weighted by atomic mass is 16.3. The number of aliphatic hydroxyl groups is 1. The van der Waals surface area contributed by atoms with Crippen LogP contribution in [0.2, 0.25) is 0 Å². The molecular weight excluding hydrogens is 350 g/mol. The van der Waals surface area contributed by atoms with Gasteiger partial charge in [0, 0.05) is 37.8 Å². The summed E-state index contributed by atoms with van der Waals surface area (Å²) in [6, 6.07) is 14.8. The van der Waals surface area contributed by atoms with Gasteiger partial charge in [-0.3, -0.25) is 9.48 Å². The number of benzene rings is 2. The van der Waals surface area contributed by atoms with E-state index in [0.29, 0.717) is 12.8 Å². The standard InChI is InChI=1S/C23H27N3O2/c1-25-16-20(15-24-25)22(27)14-21-7-4-12-26(21)23(28)11-9-17-8-10-18-5-2-3-6-19(18)13-17/h2-3,5-6,8,10,13,15-16,21-22,27H,4,7,9,11-12,14H2,1H3/t21-,22-/m0/s1. The van der Waals surface area contributed by atoms with Gasteiger partial charge in [0.05, 0.1) is 12.3 Å². The maximum Gasteiger partial charge on any atom is 0.223 e. The molecule has 0 aliphatic carbocycles. The van der Waals surface area contributed by atoms with Crippen LogP contribution in [-0.2, 0) is 18.3 Å². The molecule has 0 bridgehead atoms. The lowest BCUT2D eigenvalue weighted by atomic mass is 10.0. The van der Waals surface area contributed by atoms with Crippen LogP contribution in [0.1, 0.15) is 42.9 Å². The number of hydrogen-bond acceptors (Lipinski definition) is 3. The number of likely N-dealkylation sites (tertiary alicyclic amines) is 1. The minimum atomic E-state index is -0.576. The molecule has 2 heterocycles. The van der Waals surface area contributed by atoms with Crippen LogP contribution in [-0.4, -0.2) is 38.3 Å². The van der Waals surface area contributed by atoms with Crippen LogP contribution in [0, 0.1) is 0 Å². The Morgan fingerprint density at radius 2 is 2.07 bits per heavy atom. The average Bonchev–Trinajstić information content (AvgIpc) is 3.35. The van der Waals surface area contributed by atoms with Crippen molar-refractivity contribution in [3.8, 4) is 0 Å². The van der Waals surface area contributed by atoms with E-state index in [9.17, 15) is 9.90 Å². The van der Waals surface area contributed by atoms with Crippen molar-refractivity contribution < 1.29 is 9.90 Å². The molecule has 1 aliphatic heterocycles. The number of amides is 1. The molecule has 0 unspecified atom stereocenters. The molecule has 0 saturated carbocycles. The van der Waals surface area contributed by atoms with E-state index in [1.807, 2.05) is 30.3 Å². The Morgan fingerprint density at radius 1 is 1.25 bits per heavy atom. The van der Waals surface area contributed by atoms with E-state index in [1.165, 1.54) is 16.3 Å². The summed E-state index contributed by atoms with van der Waals surface area (Å²) in [6.45, 7) is 0.793. The first-order chi connectivity index (χ1) is 13.6. The van der Waals surface area contributed by atoms with Crippen molar-refractivity contribution in [3.05, 3.63) is 66.0 Å². The lowest BCUT2D eigenvalue weighted by molar-refractivity contribution is -0.132. The van der Waals surface area contributed by atoms with Gasteiger partial charge in [-0.1, -0.05) is 42.5 Å². The fraction of sp³-hybridized carbons (Fsp3) is 0.391. The third-order valence-electron chi connectivity index (χ3n) is 5.74. The molecule has 1 saturated heterocycles. The molecule has 0 spiro atoms. The van der Waals surface area contributed by atoms with E-state index in [0.717, 1.165) is 31.4 Å². The molecule has 1 N–H and O–H groups in total. The van der Waals surface area contributed by atoms with E-state index in [1.54, 1.807) is 10.9 Å². The van der Waals surface area contributed by atoms with Crippen LogP contribution in [0.3, 0.4) is 0 Å². The number of carbonyl (C=O) groups is 1. The molecular formula is C23H27N3O2. The Kier molecular flexibility index (Phi) is 5.44. The Morgan fingerprint density at radius 3 is 2.86 bits per heavy atom. The van der Waals surface area contributed by atoms with Crippen LogP contribution in [0.5, 0.6) is 0 Å². The summed E-state index contributed by atoms with van der Waals surface area (Å²) in [7, 11) is 1.84. The zero-order valence-corrected chi connectivity index (χ0v) is 16.3. The molecule has 5 nitrogen and oxygen atoms in total. The number of fused-ring (bicyclic) bond motifs is 1. The summed E-state index contributed by atoms with van der Waals surface area (Å²) in [5, 5.41) is 17.1. The topological polar surface area (TPSA) is 58.4 Å². The third kappa shape index (κ3) is 4.09. The molecule has 2 aromatic carbocycles.